The van der Waals surface area contributed by atoms with E-state index in [9.17, 15) is 4.79 Å². The van der Waals surface area contributed by atoms with Gasteiger partial charge in [0.2, 0.25) is 0 Å². The molecule has 2 aliphatic rings. The maximum Gasteiger partial charge on any atom is 0.253 e. The van der Waals surface area contributed by atoms with Gasteiger partial charge in [0, 0.05) is 25.3 Å². The highest BCUT2D eigenvalue weighted by Crippen LogP contribution is 2.29. The van der Waals surface area contributed by atoms with Crippen molar-refractivity contribution >= 4 is 5.91 Å². The van der Waals surface area contributed by atoms with Gasteiger partial charge in [0.05, 0.1) is 17.9 Å². The lowest BCUT2D eigenvalue weighted by Crippen LogP contribution is -2.50. The molecule has 3 heterocycles. The number of aliphatic hydroxyl groups is 1. The molecule has 26 heavy (non-hydrogen) atoms. The van der Waals surface area contributed by atoms with Crippen LogP contribution in [0.3, 0.4) is 0 Å². The van der Waals surface area contributed by atoms with Gasteiger partial charge >= 0.3 is 0 Å². The Labute approximate surface area is 153 Å². The summed E-state index contributed by atoms with van der Waals surface area (Å²) in [6.45, 7) is 2.73. The van der Waals surface area contributed by atoms with Gasteiger partial charge < -0.3 is 10.0 Å². The van der Waals surface area contributed by atoms with Crippen LogP contribution in [0.15, 0.2) is 30.5 Å². The number of aromatic nitrogens is 3. The summed E-state index contributed by atoms with van der Waals surface area (Å²) in [5, 5.41) is 17.6. The maximum absolute atomic E-state index is 12.6. The normalized spacial score (nSPS) is 21.2. The van der Waals surface area contributed by atoms with Crippen molar-refractivity contribution in [3.63, 3.8) is 0 Å². The van der Waals surface area contributed by atoms with Gasteiger partial charge in [-0.1, -0.05) is 11.3 Å². The molecule has 138 valence electrons. The average molecular weight is 355 g/mol. The summed E-state index contributed by atoms with van der Waals surface area (Å²) in [6.07, 6.45) is 5.03. The van der Waals surface area contributed by atoms with Gasteiger partial charge in [-0.25, -0.2) is 4.68 Å². The third kappa shape index (κ3) is 3.24. The molecule has 2 fully saturated rings. The van der Waals surface area contributed by atoms with Crippen LogP contribution < -0.4 is 0 Å². The van der Waals surface area contributed by atoms with E-state index in [-0.39, 0.29) is 12.5 Å². The predicted molar refractivity (Wildman–Crippen MR) is 97.1 cm³/mol. The summed E-state index contributed by atoms with van der Waals surface area (Å²) < 4.78 is 1.75. The van der Waals surface area contributed by atoms with Crippen LogP contribution in [0.5, 0.6) is 0 Å². The Bertz CT molecular complexity index is 784. The second-order valence-electron chi connectivity index (χ2n) is 7.37. The quantitative estimate of drug-likeness (QED) is 0.880. The van der Waals surface area contributed by atoms with Gasteiger partial charge in [0.1, 0.15) is 5.69 Å². The van der Waals surface area contributed by atoms with Crippen LogP contribution in [-0.4, -0.2) is 69.1 Å². The molecule has 7 nitrogen and oxygen atoms in total. The van der Waals surface area contributed by atoms with Crippen LogP contribution in [0.4, 0.5) is 0 Å². The number of hydrogen-bond donors (Lipinski definition) is 1. The number of likely N-dealkylation sites (tertiary alicyclic amines) is 2. The van der Waals surface area contributed by atoms with Crippen molar-refractivity contribution < 1.29 is 9.90 Å². The van der Waals surface area contributed by atoms with Crippen molar-refractivity contribution in [2.45, 2.75) is 25.3 Å². The highest BCUT2D eigenvalue weighted by molar-refractivity contribution is 5.95. The van der Waals surface area contributed by atoms with Crippen molar-refractivity contribution in [1.82, 2.24) is 24.8 Å². The molecule has 0 spiro atoms. The van der Waals surface area contributed by atoms with Crippen LogP contribution in [0, 0.1) is 5.92 Å². The summed E-state index contributed by atoms with van der Waals surface area (Å²) >= 11 is 0. The Morgan fingerprint density at radius 1 is 1.35 bits per heavy atom. The van der Waals surface area contributed by atoms with E-state index < -0.39 is 0 Å². The minimum Gasteiger partial charge on any atom is -0.396 e. The summed E-state index contributed by atoms with van der Waals surface area (Å²) in [6, 6.07) is 7.87. The molecule has 4 rings (SSSR count). The first kappa shape index (κ1) is 17.2. The van der Waals surface area contributed by atoms with Crippen molar-refractivity contribution in [2.75, 3.05) is 33.3 Å². The van der Waals surface area contributed by atoms with E-state index in [1.807, 2.05) is 35.4 Å². The van der Waals surface area contributed by atoms with E-state index in [4.69, 9.17) is 5.11 Å². The van der Waals surface area contributed by atoms with Crippen molar-refractivity contribution in [3.05, 3.63) is 41.7 Å². The van der Waals surface area contributed by atoms with Crippen LogP contribution in [0.1, 0.15) is 41.4 Å². The zero-order valence-electron chi connectivity index (χ0n) is 15.1. The summed E-state index contributed by atoms with van der Waals surface area (Å²) in [4.78, 5) is 16.8. The lowest BCUT2D eigenvalue weighted by Gasteiger charge is -2.39. The van der Waals surface area contributed by atoms with Crippen LogP contribution in [-0.2, 0) is 0 Å². The number of nitrogens with zero attached hydrogens (tertiary/aromatic N) is 5. The molecule has 1 atom stereocenters. The van der Waals surface area contributed by atoms with Gasteiger partial charge in [-0.2, -0.15) is 0 Å². The van der Waals surface area contributed by atoms with Crippen molar-refractivity contribution in [2.24, 2.45) is 5.92 Å². The van der Waals surface area contributed by atoms with E-state index in [1.165, 1.54) is 6.42 Å². The van der Waals surface area contributed by atoms with E-state index in [0.29, 0.717) is 17.5 Å². The molecule has 2 aromatic rings. The summed E-state index contributed by atoms with van der Waals surface area (Å²) in [7, 11) is 2.12. The van der Waals surface area contributed by atoms with Gasteiger partial charge in [-0.3, -0.25) is 9.69 Å². The second-order valence-corrected chi connectivity index (χ2v) is 7.37. The maximum atomic E-state index is 12.6. The predicted octanol–water partition coefficient (Wildman–Crippen LogP) is 1.49. The lowest BCUT2D eigenvalue weighted by atomic mass is 9.96. The van der Waals surface area contributed by atoms with E-state index in [1.54, 1.807) is 4.68 Å². The summed E-state index contributed by atoms with van der Waals surface area (Å²) in [5.74, 6) is 0.463. The fourth-order valence-electron chi connectivity index (χ4n) is 3.90. The molecule has 2 saturated heterocycles. The molecular formula is C19H25N5O2. The smallest absolute Gasteiger partial charge is 0.253 e. The fraction of sp³-hybridized carbons (Fsp3) is 0.526. The molecule has 1 aromatic heterocycles. The Hall–Kier alpha value is -2.25. The molecule has 7 heteroatoms. The third-order valence-electron chi connectivity index (χ3n) is 5.51. The Morgan fingerprint density at radius 3 is 2.92 bits per heavy atom. The monoisotopic (exact) mass is 355 g/mol. The minimum absolute atomic E-state index is 0.0388. The van der Waals surface area contributed by atoms with E-state index in [0.717, 1.165) is 43.9 Å². The van der Waals surface area contributed by atoms with Gasteiger partial charge in [-0.15, -0.1) is 5.10 Å². The van der Waals surface area contributed by atoms with Crippen molar-refractivity contribution in [1.29, 1.82) is 0 Å². The number of aliphatic hydroxyl groups excluding tert-OH is 1. The highest BCUT2D eigenvalue weighted by Gasteiger charge is 2.30. The van der Waals surface area contributed by atoms with Crippen LogP contribution >= 0.6 is 0 Å². The first-order chi connectivity index (χ1) is 12.7. The molecule has 1 N–H and O–H groups in total. The molecule has 0 bridgehead atoms. The SMILES string of the molecule is CN1CCCC1c1cn(-c2cccc(C(=O)N3CC(CCO)C3)c2)nn1. The number of carbonyl (C=O) groups excluding carboxylic acids is 1. The zero-order chi connectivity index (χ0) is 18.1. The lowest BCUT2D eigenvalue weighted by molar-refractivity contribution is 0.0448. The molecule has 1 unspecified atom stereocenters. The first-order valence-corrected chi connectivity index (χ1v) is 9.29. The molecule has 2 aliphatic heterocycles. The second kappa shape index (κ2) is 7.17. The molecule has 1 amide bonds. The molecule has 0 aliphatic carbocycles. The number of hydrogen-bond acceptors (Lipinski definition) is 5. The van der Waals surface area contributed by atoms with Gasteiger partial charge in [0.25, 0.3) is 5.91 Å². The molecular weight excluding hydrogens is 330 g/mol. The highest BCUT2D eigenvalue weighted by atomic mass is 16.3. The Morgan fingerprint density at radius 2 is 2.19 bits per heavy atom. The van der Waals surface area contributed by atoms with Crippen molar-refractivity contribution in [3.8, 4) is 5.69 Å². The number of rotatable bonds is 5. The standard InChI is InChI=1S/C19H25N5O2/c1-22-8-3-6-18(22)17-13-24(21-20-17)16-5-2-4-15(10-16)19(26)23-11-14(12-23)7-9-25/h2,4-5,10,13-14,18,25H,3,6-9,11-12H2,1H3. The fourth-order valence-corrected chi connectivity index (χ4v) is 3.90. The largest absolute Gasteiger partial charge is 0.396 e. The van der Waals surface area contributed by atoms with Crippen LogP contribution in [0.25, 0.3) is 5.69 Å². The first-order valence-electron chi connectivity index (χ1n) is 9.29. The third-order valence-corrected chi connectivity index (χ3v) is 5.51. The van der Waals surface area contributed by atoms with E-state index in [2.05, 4.69) is 22.3 Å². The topological polar surface area (TPSA) is 74.5 Å². The molecule has 1 aromatic carbocycles. The number of carbonyl (C=O) groups is 1. The number of amides is 1. The molecule has 0 radical (unpaired) electrons. The minimum atomic E-state index is 0.0388. The molecule has 0 saturated carbocycles. The average Bonchev–Trinajstić information content (AvgIpc) is 3.26. The Balaban J connectivity index is 1.48. The zero-order valence-corrected chi connectivity index (χ0v) is 15.1. The number of benzene rings is 1. The van der Waals surface area contributed by atoms with E-state index >= 15 is 0 Å². The van der Waals surface area contributed by atoms with Gasteiger partial charge in [-0.05, 0) is 57.0 Å². The van der Waals surface area contributed by atoms with Crippen LogP contribution in [0.2, 0.25) is 0 Å². The summed E-state index contributed by atoms with van der Waals surface area (Å²) in [5.41, 5.74) is 2.50. The Kier molecular flexibility index (Phi) is 4.74. The van der Waals surface area contributed by atoms with Gasteiger partial charge in [0.15, 0.2) is 0 Å².